The second-order valence-electron chi connectivity index (χ2n) is 18.4. The van der Waals surface area contributed by atoms with Gasteiger partial charge < -0.3 is 4.90 Å². The molecular formula is C59H43NS. The molecule has 4 aliphatic rings. The van der Waals surface area contributed by atoms with Crippen LogP contribution in [0.15, 0.2) is 198 Å². The molecule has 0 amide bonds. The highest BCUT2D eigenvalue weighted by atomic mass is 32.2. The highest BCUT2D eigenvalue weighted by Gasteiger charge is 2.53. The summed E-state index contributed by atoms with van der Waals surface area (Å²) >= 11 is 1.91. The molecular weight excluding hydrogens is 755 g/mol. The van der Waals surface area contributed by atoms with E-state index in [2.05, 4.69) is 221 Å². The van der Waals surface area contributed by atoms with Gasteiger partial charge in [0, 0.05) is 37.6 Å². The van der Waals surface area contributed by atoms with Gasteiger partial charge in [0.05, 0.1) is 11.1 Å². The molecule has 61 heavy (non-hydrogen) atoms. The zero-order chi connectivity index (χ0) is 40.8. The summed E-state index contributed by atoms with van der Waals surface area (Å²) in [5.41, 5.74) is 21.5. The van der Waals surface area contributed by atoms with E-state index in [1.54, 1.807) is 0 Å². The Bertz CT molecular complexity index is 3370. The van der Waals surface area contributed by atoms with Crippen LogP contribution in [0.5, 0.6) is 0 Å². The molecule has 9 aromatic rings. The van der Waals surface area contributed by atoms with Crippen LogP contribution in [0.1, 0.15) is 72.2 Å². The van der Waals surface area contributed by atoms with Crippen molar-refractivity contribution in [3.8, 4) is 33.4 Å². The summed E-state index contributed by atoms with van der Waals surface area (Å²) in [6, 6.07) is 71.8. The molecule has 1 nitrogen and oxygen atoms in total. The number of anilines is 3. The molecule has 0 saturated carbocycles. The van der Waals surface area contributed by atoms with Crippen LogP contribution < -0.4 is 4.90 Å². The first kappa shape index (κ1) is 35.2. The quantitative estimate of drug-likeness (QED) is 0.175. The first-order valence-electron chi connectivity index (χ1n) is 21.6. The maximum absolute atomic E-state index is 2.61. The smallest absolute Gasteiger partial charge is 0.0762 e. The second kappa shape index (κ2) is 12.2. The zero-order valence-corrected chi connectivity index (χ0v) is 35.6. The largest absolute Gasteiger partial charge is 0.310 e. The molecule has 1 unspecified atom stereocenters. The van der Waals surface area contributed by atoms with Crippen LogP contribution in [0.3, 0.4) is 0 Å². The Labute approximate surface area is 362 Å². The van der Waals surface area contributed by atoms with Gasteiger partial charge in [0.25, 0.3) is 0 Å². The average Bonchev–Trinajstić information content (AvgIpc) is 3.81. The number of hydrogen-bond acceptors (Lipinski definition) is 2. The van der Waals surface area contributed by atoms with Crippen LogP contribution in [0.4, 0.5) is 17.1 Å². The van der Waals surface area contributed by atoms with Crippen molar-refractivity contribution in [1.29, 1.82) is 0 Å². The zero-order valence-electron chi connectivity index (χ0n) is 34.8. The molecule has 0 bridgehead atoms. The summed E-state index contributed by atoms with van der Waals surface area (Å²) in [7, 11) is 0. The molecule has 0 saturated heterocycles. The Kier molecular flexibility index (Phi) is 7.06. The summed E-state index contributed by atoms with van der Waals surface area (Å²) in [6.07, 6.45) is 0. The minimum Gasteiger partial charge on any atom is -0.310 e. The van der Waals surface area contributed by atoms with Crippen LogP contribution in [0.25, 0.3) is 44.2 Å². The summed E-state index contributed by atoms with van der Waals surface area (Å²) in [6.45, 7) is 9.54. The standard InChI is InChI=1S/C59H43NS/c1-57(2)47-23-11-8-20-42(47)45-34-37(30-32-48(45)57)60(38-29-31-43-40-18-7-10-22-46(40)58(3,4)51(43)35-38)52-26-15-21-44-41-19-9-12-24-49(41)59(55(44)52)50-25-13-14-27-53(50)61-54-33-28-36-16-5-6-17-39(36)56(54)59/h5-35H,1-4H3. The van der Waals surface area contributed by atoms with Crippen molar-refractivity contribution in [2.24, 2.45) is 0 Å². The fourth-order valence-corrected chi connectivity index (χ4v) is 13.2. The molecule has 1 aliphatic heterocycles. The van der Waals surface area contributed by atoms with Gasteiger partial charge in [-0.1, -0.05) is 185 Å². The van der Waals surface area contributed by atoms with Gasteiger partial charge in [-0.15, -0.1) is 0 Å². The van der Waals surface area contributed by atoms with E-state index in [-0.39, 0.29) is 10.8 Å². The van der Waals surface area contributed by atoms with Gasteiger partial charge in [0.15, 0.2) is 0 Å². The van der Waals surface area contributed by atoms with E-state index >= 15 is 0 Å². The van der Waals surface area contributed by atoms with Gasteiger partial charge >= 0.3 is 0 Å². The summed E-state index contributed by atoms with van der Waals surface area (Å²) < 4.78 is 0. The van der Waals surface area contributed by atoms with Crippen molar-refractivity contribution >= 4 is 39.6 Å². The monoisotopic (exact) mass is 797 g/mol. The molecule has 1 heterocycles. The van der Waals surface area contributed by atoms with Crippen molar-refractivity contribution in [2.45, 2.75) is 53.7 Å². The van der Waals surface area contributed by atoms with E-state index in [4.69, 9.17) is 0 Å². The Balaban J connectivity index is 1.16. The average molecular weight is 798 g/mol. The van der Waals surface area contributed by atoms with E-state index in [0.29, 0.717) is 0 Å². The summed E-state index contributed by atoms with van der Waals surface area (Å²) in [5, 5.41) is 2.57. The van der Waals surface area contributed by atoms with Gasteiger partial charge in [-0.3, -0.25) is 0 Å². The molecule has 0 fully saturated rings. The lowest BCUT2D eigenvalue weighted by molar-refractivity contribution is 0.660. The number of fused-ring (bicyclic) bond motifs is 17. The molecule has 290 valence electrons. The molecule has 1 spiro atoms. The van der Waals surface area contributed by atoms with Gasteiger partial charge in [0.1, 0.15) is 0 Å². The first-order chi connectivity index (χ1) is 29.8. The number of hydrogen-bond donors (Lipinski definition) is 0. The third-order valence-electron chi connectivity index (χ3n) is 14.7. The maximum atomic E-state index is 2.61. The predicted octanol–water partition coefficient (Wildman–Crippen LogP) is 15.7. The maximum Gasteiger partial charge on any atom is 0.0762 e. The van der Waals surface area contributed by atoms with Gasteiger partial charge in [-0.2, -0.15) is 0 Å². The second-order valence-corrected chi connectivity index (χ2v) is 19.5. The third-order valence-corrected chi connectivity index (χ3v) is 15.8. The van der Waals surface area contributed by atoms with E-state index in [9.17, 15) is 0 Å². The van der Waals surface area contributed by atoms with E-state index in [1.807, 2.05) is 11.8 Å². The summed E-state index contributed by atoms with van der Waals surface area (Å²) in [5.74, 6) is 0. The lowest BCUT2D eigenvalue weighted by atomic mass is 9.65. The van der Waals surface area contributed by atoms with Gasteiger partial charge in [-0.05, 0) is 126 Å². The Hall–Kier alpha value is -6.61. The van der Waals surface area contributed by atoms with Crippen molar-refractivity contribution in [2.75, 3.05) is 4.90 Å². The fraction of sp³-hybridized carbons (Fsp3) is 0.119. The molecule has 9 aromatic carbocycles. The molecule has 1 atom stereocenters. The van der Waals surface area contributed by atoms with Crippen molar-refractivity contribution in [3.05, 3.63) is 233 Å². The lowest BCUT2D eigenvalue weighted by Gasteiger charge is -2.42. The molecule has 0 radical (unpaired) electrons. The minimum absolute atomic E-state index is 0.0907. The first-order valence-corrected chi connectivity index (χ1v) is 22.4. The molecule has 0 N–H and O–H groups in total. The summed E-state index contributed by atoms with van der Waals surface area (Å²) in [4.78, 5) is 5.23. The Morgan fingerprint density at radius 2 is 0.918 bits per heavy atom. The number of benzene rings is 9. The van der Waals surface area contributed by atoms with E-state index < -0.39 is 5.41 Å². The SMILES string of the molecule is CC1(C)c2ccccc2-c2cc(N(c3ccc4c(c3)C(C)(C)c3ccccc3-4)c3cccc4c3C3(c5ccccc5Sc5ccc6ccccc6c53)c3ccccc3-4)ccc21. The molecule has 13 rings (SSSR count). The highest BCUT2D eigenvalue weighted by molar-refractivity contribution is 7.99. The minimum atomic E-state index is -0.587. The van der Waals surface area contributed by atoms with Crippen LogP contribution in [-0.2, 0) is 16.2 Å². The number of rotatable bonds is 3. The molecule has 3 aliphatic carbocycles. The Morgan fingerprint density at radius 1 is 0.361 bits per heavy atom. The predicted molar refractivity (Wildman–Crippen MR) is 255 cm³/mol. The fourth-order valence-electron chi connectivity index (χ4n) is 12.0. The van der Waals surface area contributed by atoms with Crippen LogP contribution in [-0.4, -0.2) is 0 Å². The highest BCUT2D eigenvalue weighted by Crippen LogP contribution is 2.66. The van der Waals surface area contributed by atoms with Gasteiger partial charge in [-0.25, -0.2) is 0 Å². The van der Waals surface area contributed by atoms with Gasteiger partial charge in [0.2, 0.25) is 0 Å². The van der Waals surface area contributed by atoms with Crippen LogP contribution >= 0.6 is 11.8 Å². The molecule has 0 aromatic heterocycles. The van der Waals surface area contributed by atoms with Crippen molar-refractivity contribution in [3.63, 3.8) is 0 Å². The number of nitrogens with zero attached hydrogens (tertiary/aromatic N) is 1. The Morgan fingerprint density at radius 3 is 1.70 bits per heavy atom. The van der Waals surface area contributed by atoms with Crippen molar-refractivity contribution < 1.29 is 0 Å². The van der Waals surface area contributed by atoms with Crippen LogP contribution in [0, 0.1) is 0 Å². The van der Waals surface area contributed by atoms with E-state index in [0.717, 1.165) is 5.69 Å². The normalized spacial score (nSPS) is 17.4. The van der Waals surface area contributed by atoms with Crippen LogP contribution in [0.2, 0.25) is 0 Å². The van der Waals surface area contributed by atoms with Crippen molar-refractivity contribution in [1.82, 2.24) is 0 Å². The molecule has 2 heteroatoms. The lowest BCUT2D eigenvalue weighted by Crippen LogP contribution is -2.33. The third kappa shape index (κ3) is 4.48. The topological polar surface area (TPSA) is 3.24 Å². The van der Waals surface area contributed by atoms with E-state index in [1.165, 1.54) is 110 Å².